The van der Waals surface area contributed by atoms with E-state index >= 15 is 0 Å². The van der Waals surface area contributed by atoms with E-state index in [0.29, 0.717) is 19.6 Å². The number of nitrogens with zero attached hydrogens (tertiary/aromatic N) is 1. The number of rotatable bonds is 1. The number of hydrogen-bond acceptors (Lipinski definition) is 3. The number of aromatic hydroxyl groups is 1. The van der Waals surface area contributed by atoms with Crippen molar-refractivity contribution >= 4 is 6.09 Å². The molecule has 86 valence electrons. The molecule has 1 heterocycles. The molecule has 3 N–H and O–H groups in total. The van der Waals surface area contributed by atoms with Crippen LogP contribution in [0.3, 0.4) is 0 Å². The fourth-order valence-corrected chi connectivity index (χ4v) is 1.85. The minimum Gasteiger partial charge on any atom is -0.508 e. The van der Waals surface area contributed by atoms with Crippen molar-refractivity contribution in [1.29, 1.82) is 0 Å². The standard InChI is InChI=1S/C11H14N2O3/c14-9-3-1-8(2-4-9)10-7-13(11(15)16)6-5-12-10/h1-4,10,12,14H,5-7H2,(H,15,16). The van der Waals surface area contributed by atoms with Crippen molar-refractivity contribution < 1.29 is 15.0 Å². The summed E-state index contributed by atoms with van der Waals surface area (Å²) in [7, 11) is 0. The lowest BCUT2D eigenvalue weighted by Gasteiger charge is -2.32. The van der Waals surface area contributed by atoms with Gasteiger partial charge in [-0.3, -0.25) is 0 Å². The molecular weight excluding hydrogens is 208 g/mol. The van der Waals surface area contributed by atoms with Crippen molar-refractivity contribution in [3.63, 3.8) is 0 Å². The molecule has 0 spiro atoms. The van der Waals surface area contributed by atoms with Crippen LogP contribution in [0.1, 0.15) is 11.6 Å². The molecule has 1 amide bonds. The first kappa shape index (κ1) is 10.8. The van der Waals surface area contributed by atoms with Crippen LogP contribution in [0.25, 0.3) is 0 Å². The maximum atomic E-state index is 10.8. The van der Waals surface area contributed by atoms with Crippen molar-refractivity contribution in [3.05, 3.63) is 29.8 Å². The summed E-state index contributed by atoms with van der Waals surface area (Å²) in [4.78, 5) is 12.2. The summed E-state index contributed by atoms with van der Waals surface area (Å²) in [6.07, 6.45) is -0.884. The molecular formula is C11H14N2O3. The summed E-state index contributed by atoms with van der Waals surface area (Å²) in [5, 5.41) is 21.3. The van der Waals surface area contributed by atoms with Crippen LogP contribution in [0.5, 0.6) is 5.75 Å². The Labute approximate surface area is 93.3 Å². The topological polar surface area (TPSA) is 72.8 Å². The number of nitrogens with one attached hydrogen (secondary N) is 1. The molecule has 1 unspecified atom stereocenters. The molecule has 1 atom stereocenters. The molecule has 1 saturated heterocycles. The minimum absolute atomic E-state index is 0.00505. The van der Waals surface area contributed by atoms with Crippen molar-refractivity contribution in [2.45, 2.75) is 6.04 Å². The zero-order valence-corrected chi connectivity index (χ0v) is 8.76. The van der Waals surface area contributed by atoms with Gasteiger partial charge in [-0.15, -0.1) is 0 Å². The Balaban J connectivity index is 2.09. The van der Waals surface area contributed by atoms with Crippen LogP contribution < -0.4 is 5.32 Å². The Bertz CT molecular complexity index is 377. The molecule has 1 fully saturated rings. The number of hydrogen-bond donors (Lipinski definition) is 3. The second kappa shape index (κ2) is 4.40. The lowest BCUT2D eigenvalue weighted by Crippen LogP contribution is -2.47. The Morgan fingerprint density at radius 2 is 2.06 bits per heavy atom. The van der Waals surface area contributed by atoms with E-state index < -0.39 is 6.09 Å². The van der Waals surface area contributed by atoms with Crippen LogP contribution in [-0.2, 0) is 0 Å². The molecule has 16 heavy (non-hydrogen) atoms. The van der Waals surface area contributed by atoms with E-state index in [4.69, 9.17) is 5.11 Å². The third-order valence-electron chi connectivity index (χ3n) is 2.74. The predicted octanol–water partition coefficient (Wildman–Crippen LogP) is 1.02. The molecule has 0 aliphatic carbocycles. The number of benzene rings is 1. The second-order valence-corrected chi connectivity index (χ2v) is 3.83. The van der Waals surface area contributed by atoms with Gasteiger partial charge in [-0.1, -0.05) is 12.1 Å². The van der Waals surface area contributed by atoms with Crippen molar-refractivity contribution in [1.82, 2.24) is 10.2 Å². The summed E-state index contributed by atoms with van der Waals surface area (Å²) in [6, 6.07) is 6.83. The van der Waals surface area contributed by atoms with Gasteiger partial charge in [0.1, 0.15) is 5.75 Å². The van der Waals surface area contributed by atoms with E-state index in [-0.39, 0.29) is 11.8 Å². The summed E-state index contributed by atoms with van der Waals surface area (Å²) >= 11 is 0. The number of phenolic OH excluding ortho intramolecular Hbond substituents is 1. The molecule has 5 heteroatoms. The van der Waals surface area contributed by atoms with Gasteiger partial charge < -0.3 is 20.4 Å². The second-order valence-electron chi connectivity index (χ2n) is 3.83. The van der Waals surface area contributed by atoms with Gasteiger partial charge in [0.2, 0.25) is 0 Å². The first-order valence-corrected chi connectivity index (χ1v) is 5.17. The Kier molecular flexibility index (Phi) is 2.96. The lowest BCUT2D eigenvalue weighted by molar-refractivity contribution is 0.129. The highest BCUT2D eigenvalue weighted by atomic mass is 16.4. The van der Waals surface area contributed by atoms with Crippen LogP contribution in [0.4, 0.5) is 4.79 Å². The molecule has 5 nitrogen and oxygen atoms in total. The summed E-state index contributed by atoms with van der Waals surface area (Å²) in [5.41, 5.74) is 0.990. The Hall–Kier alpha value is -1.75. The average Bonchev–Trinajstić information content (AvgIpc) is 2.30. The van der Waals surface area contributed by atoms with Gasteiger partial charge in [-0.05, 0) is 17.7 Å². The van der Waals surface area contributed by atoms with Crippen molar-refractivity contribution in [2.75, 3.05) is 19.6 Å². The van der Waals surface area contributed by atoms with E-state index in [9.17, 15) is 9.90 Å². The normalized spacial score (nSPS) is 20.8. The van der Waals surface area contributed by atoms with Gasteiger partial charge >= 0.3 is 6.09 Å². The average molecular weight is 222 g/mol. The zero-order chi connectivity index (χ0) is 11.5. The fourth-order valence-electron chi connectivity index (χ4n) is 1.85. The number of amides is 1. The van der Waals surface area contributed by atoms with Gasteiger partial charge in [0, 0.05) is 19.6 Å². The minimum atomic E-state index is -0.884. The molecule has 0 bridgehead atoms. The van der Waals surface area contributed by atoms with E-state index in [1.807, 2.05) is 0 Å². The largest absolute Gasteiger partial charge is 0.508 e. The van der Waals surface area contributed by atoms with E-state index in [0.717, 1.165) is 5.56 Å². The lowest BCUT2D eigenvalue weighted by atomic mass is 10.0. The fraction of sp³-hybridized carbons (Fsp3) is 0.364. The van der Waals surface area contributed by atoms with Crippen LogP contribution in [0, 0.1) is 0 Å². The quantitative estimate of drug-likeness (QED) is 0.663. The number of carboxylic acid groups (broad SMARTS) is 1. The summed E-state index contributed by atoms with van der Waals surface area (Å²) in [6.45, 7) is 1.61. The highest BCUT2D eigenvalue weighted by molar-refractivity contribution is 5.65. The van der Waals surface area contributed by atoms with Gasteiger partial charge in [0.05, 0.1) is 6.04 Å². The van der Waals surface area contributed by atoms with Crippen LogP contribution in [0.2, 0.25) is 0 Å². The summed E-state index contributed by atoms with van der Waals surface area (Å²) in [5.74, 6) is 0.217. The van der Waals surface area contributed by atoms with Gasteiger partial charge in [0.25, 0.3) is 0 Å². The SMILES string of the molecule is O=C(O)N1CCNC(c2ccc(O)cc2)C1. The maximum Gasteiger partial charge on any atom is 0.407 e. The Morgan fingerprint density at radius 1 is 1.38 bits per heavy atom. The molecule has 1 aromatic carbocycles. The molecule has 0 saturated carbocycles. The van der Waals surface area contributed by atoms with Crippen molar-refractivity contribution in [3.8, 4) is 5.75 Å². The molecule has 2 rings (SSSR count). The highest BCUT2D eigenvalue weighted by Crippen LogP contribution is 2.19. The highest BCUT2D eigenvalue weighted by Gasteiger charge is 2.23. The number of piperazine rings is 1. The third-order valence-corrected chi connectivity index (χ3v) is 2.74. The van der Waals surface area contributed by atoms with Crippen molar-refractivity contribution in [2.24, 2.45) is 0 Å². The van der Waals surface area contributed by atoms with Crippen LogP contribution in [-0.4, -0.2) is 40.8 Å². The molecule has 1 aliphatic rings. The van der Waals surface area contributed by atoms with Gasteiger partial charge in [0.15, 0.2) is 0 Å². The number of carbonyl (C=O) groups is 1. The van der Waals surface area contributed by atoms with Gasteiger partial charge in [-0.25, -0.2) is 4.79 Å². The maximum absolute atomic E-state index is 10.8. The monoisotopic (exact) mass is 222 g/mol. The predicted molar refractivity (Wildman–Crippen MR) is 58.4 cm³/mol. The van der Waals surface area contributed by atoms with Crippen LogP contribution >= 0.6 is 0 Å². The first-order chi connectivity index (χ1) is 7.66. The molecule has 1 aromatic rings. The summed E-state index contributed by atoms with van der Waals surface area (Å²) < 4.78 is 0. The Morgan fingerprint density at radius 3 is 2.69 bits per heavy atom. The zero-order valence-electron chi connectivity index (χ0n) is 8.76. The molecule has 0 aromatic heterocycles. The first-order valence-electron chi connectivity index (χ1n) is 5.17. The smallest absolute Gasteiger partial charge is 0.407 e. The molecule has 1 aliphatic heterocycles. The van der Waals surface area contributed by atoms with E-state index in [1.54, 1.807) is 24.3 Å². The van der Waals surface area contributed by atoms with Gasteiger partial charge in [-0.2, -0.15) is 0 Å². The van der Waals surface area contributed by atoms with E-state index in [1.165, 1.54) is 4.90 Å². The molecule has 0 radical (unpaired) electrons. The third kappa shape index (κ3) is 2.25. The van der Waals surface area contributed by atoms with Crippen LogP contribution in [0.15, 0.2) is 24.3 Å². The number of phenols is 1. The van der Waals surface area contributed by atoms with E-state index in [2.05, 4.69) is 5.32 Å².